The summed E-state index contributed by atoms with van der Waals surface area (Å²) in [5.41, 5.74) is 5.91. The molecule has 0 atom stereocenters. The van der Waals surface area contributed by atoms with Crippen molar-refractivity contribution in [3.8, 4) is 17.1 Å². The van der Waals surface area contributed by atoms with Crippen LogP contribution in [0, 0.1) is 0 Å². The zero-order chi connectivity index (χ0) is 32.1. The molecule has 0 N–H and O–H groups in total. The van der Waals surface area contributed by atoms with Gasteiger partial charge in [0, 0.05) is 27.1 Å². The Kier molecular flexibility index (Phi) is 5.38. The van der Waals surface area contributed by atoms with Gasteiger partial charge in [0.1, 0.15) is 5.69 Å². The average molecular weight is 622 g/mol. The Morgan fingerprint density at radius 2 is 0.959 bits per heavy atom. The van der Waals surface area contributed by atoms with Crippen LogP contribution < -0.4 is 0 Å². The topological polar surface area (TPSA) is 30.7 Å². The molecule has 11 rings (SSSR count). The lowest BCUT2D eigenvalue weighted by molar-refractivity contribution is 1.08. The van der Waals surface area contributed by atoms with Crippen LogP contribution in [0.3, 0.4) is 0 Å². The SMILES string of the molecule is c1ccc(-c2nc3ccc4ccccc4c3nc2-n2c3cc4ccccc4cc3c3c4c5ccccc5c5ccccc5c4ccc32)cc1. The lowest BCUT2D eigenvalue weighted by Crippen LogP contribution is -2.04. The fourth-order valence-electron chi connectivity index (χ4n) is 8.14. The van der Waals surface area contributed by atoms with Crippen LogP contribution >= 0.6 is 0 Å². The van der Waals surface area contributed by atoms with Gasteiger partial charge < -0.3 is 0 Å². The molecule has 2 aromatic heterocycles. The molecule has 0 aliphatic rings. The van der Waals surface area contributed by atoms with Gasteiger partial charge in [0.2, 0.25) is 0 Å². The predicted octanol–water partition coefficient (Wildman–Crippen LogP) is 12.2. The second-order valence-corrected chi connectivity index (χ2v) is 12.9. The van der Waals surface area contributed by atoms with Crippen molar-refractivity contribution < 1.29 is 0 Å². The molecule has 3 heteroatoms. The molecule has 0 unspecified atom stereocenters. The summed E-state index contributed by atoms with van der Waals surface area (Å²) in [5, 5.41) is 14.7. The van der Waals surface area contributed by atoms with E-state index in [-0.39, 0.29) is 0 Å². The van der Waals surface area contributed by atoms with Gasteiger partial charge in [-0.15, -0.1) is 0 Å². The van der Waals surface area contributed by atoms with Gasteiger partial charge in [-0.1, -0.05) is 140 Å². The third-order valence-corrected chi connectivity index (χ3v) is 10.3. The second kappa shape index (κ2) is 9.96. The highest BCUT2D eigenvalue weighted by molar-refractivity contribution is 6.35. The van der Waals surface area contributed by atoms with Gasteiger partial charge in [-0.2, -0.15) is 0 Å². The molecule has 0 fully saturated rings. The van der Waals surface area contributed by atoms with E-state index in [1.807, 2.05) is 0 Å². The summed E-state index contributed by atoms with van der Waals surface area (Å²) >= 11 is 0. The Bertz CT molecular complexity index is 3120. The zero-order valence-electron chi connectivity index (χ0n) is 26.4. The first-order valence-electron chi connectivity index (χ1n) is 16.8. The minimum Gasteiger partial charge on any atom is -0.292 e. The van der Waals surface area contributed by atoms with Gasteiger partial charge in [-0.3, -0.25) is 4.57 Å². The molecule has 2 heterocycles. The largest absolute Gasteiger partial charge is 0.292 e. The van der Waals surface area contributed by atoms with Crippen molar-refractivity contribution in [2.75, 3.05) is 0 Å². The zero-order valence-corrected chi connectivity index (χ0v) is 26.4. The van der Waals surface area contributed by atoms with Gasteiger partial charge in [-0.25, -0.2) is 9.97 Å². The monoisotopic (exact) mass is 621 g/mol. The van der Waals surface area contributed by atoms with Crippen LogP contribution in [0.15, 0.2) is 164 Å². The fraction of sp³-hybridized carbons (Fsp3) is 0. The summed E-state index contributed by atoms with van der Waals surface area (Å²) < 4.78 is 2.37. The summed E-state index contributed by atoms with van der Waals surface area (Å²) in [4.78, 5) is 11.0. The van der Waals surface area contributed by atoms with Crippen molar-refractivity contribution in [1.82, 2.24) is 14.5 Å². The van der Waals surface area contributed by atoms with Crippen molar-refractivity contribution in [2.24, 2.45) is 0 Å². The molecule has 0 aliphatic carbocycles. The van der Waals surface area contributed by atoms with Crippen molar-refractivity contribution in [3.63, 3.8) is 0 Å². The molecule has 49 heavy (non-hydrogen) atoms. The highest BCUT2D eigenvalue weighted by atomic mass is 15.1. The fourth-order valence-corrected chi connectivity index (χ4v) is 8.14. The van der Waals surface area contributed by atoms with Crippen LogP contribution in [0.2, 0.25) is 0 Å². The first kappa shape index (κ1) is 26.5. The third kappa shape index (κ3) is 3.73. The average Bonchev–Trinajstić information content (AvgIpc) is 3.49. The number of hydrogen-bond acceptors (Lipinski definition) is 2. The third-order valence-electron chi connectivity index (χ3n) is 10.3. The molecular weight excluding hydrogens is 595 g/mol. The quantitative estimate of drug-likeness (QED) is 0.180. The molecule has 9 aromatic carbocycles. The minimum absolute atomic E-state index is 0.828. The molecule has 226 valence electrons. The summed E-state index contributed by atoms with van der Waals surface area (Å²) in [6, 6.07) is 58.9. The van der Waals surface area contributed by atoms with Gasteiger partial charge in [0.05, 0.1) is 22.1 Å². The van der Waals surface area contributed by atoms with E-state index < -0.39 is 0 Å². The summed E-state index contributed by atoms with van der Waals surface area (Å²) in [7, 11) is 0. The first-order valence-corrected chi connectivity index (χ1v) is 16.8. The second-order valence-electron chi connectivity index (χ2n) is 12.9. The van der Waals surface area contributed by atoms with Crippen molar-refractivity contribution in [2.45, 2.75) is 0 Å². The van der Waals surface area contributed by atoms with Gasteiger partial charge in [0.25, 0.3) is 0 Å². The van der Waals surface area contributed by atoms with Gasteiger partial charge in [-0.05, 0) is 67.4 Å². The number of hydrogen-bond donors (Lipinski definition) is 0. The molecule has 0 aliphatic heterocycles. The number of aromatic nitrogens is 3. The molecular formula is C46H27N3. The van der Waals surface area contributed by atoms with Crippen molar-refractivity contribution >= 4 is 86.7 Å². The maximum atomic E-state index is 5.60. The van der Waals surface area contributed by atoms with E-state index >= 15 is 0 Å². The lowest BCUT2D eigenvalue weighted by Gasteiger charge is -2.15. The molecule has 0 amide bonds. The minimum atomic E-state index is 0.828. The van der Waals surface area contributed by atoms with Crippen LogP contribution in [0.4, 0.5) is 0 Å². The van der Waals surface area contributed by atoms with E-state index in [2.05, 4.69) is 168 Å². The smallest absolute Gasteiger partial charge is 0.165 e. The summed E-state index contributed by atoms with van der Waals surface area (Å²) in [6.07, 6.45) is 0. The highest BCUT2D eigenvalue weighted by Gasteiger charge is 2.23. The molecule has 0 saturated carbocycles. The van der Waals surface area contributed by atoms with E-state index in [4.69, 9.17) is 9.97 Å². The number of nitrogens with zero attached hydrogens (tertiary/aromatic N) is 3. The normalized spacial score (nSPS) is 12.1. The van der Waals surface area contributed by atoms with Crippen LogP contribution in [0.1, 0.15) is 0 Å². The molecule has 3 nitrogen and oxygen atoms in total. The van der Waals surface area contributed by atoms with Crippen molar-refractivity contribution in [3.05, 3.63) is 164 Å². The number of rotatable bonds is 2. The van der Waals surface area contributed by atoms with E-state index in [1.165, 1.54) is 53.9 Å². The summed E-state index contributed by atoms with van der Waals surface area (Å²) in [6.45, 7) is 0. The van der Waals surface area contributed by atoms with E-state index in [0.717, 1.165) is 49.9 Å². The number of benzene rings is 9. The van der Waals surface area contributed by atoms with Crippen LogP contribution in [-0.4, -0.2) is 14.5 Å². The Morgan fingerprint density at radius 3 is 1.71 bits per heavy atom. The lowest BCUT2D eigenvalue weighted by atomic mass is 9.91. The van der Waals surface area contributed by atoms with E-state index in [0.29, 0.717) is 0 Å². The highest BCUT2D eigenvalue weighted by Crippen LogP contribution is 2.45. The van der Waals surface area contributed by atoms with Crippen LogP contribution in [-0.2, 0) is 0 Å². The van der Waals surface area contributed by atoms with Gasteiger partial charge in [0.15, 0.2) is 5.82 Å². The Morgan fingerprint density at radius 1 is 0.367 bits per heavy atom. The molecule has 0 saturated heterocycles. The van der Waals surface area contributed by atoms with Crippen LogP contribution in [0.5, 0.6) is 0 Å². The first-order chi connectivity index (χ1) is 24.3. The van der Waals surface area contributed by atoms with Gasteiger partial charge >= 0.3 is 0 Å². The number of fused-ring (bicyclic) bond motifs is 14. The Hall–Kier alpha value is -6.58. The van der Waals surface area contributed by atoms with E-state index in [9.17, 15) is 0 Å². The maximum Gasteiger partial charge on any atom is 0.165 e. The maximum absolute atomic E-state index is 5.60. The molecule has 0 radical (unpaired) electrons. The standard InChI is InChI=1S/C46H27N3/c1-2-13-29(14-3-1)44-46(48-45-32-17-7-6-12-28(32)22-24-39(45)47-44)49-40-25-23-37-35-20-9-8-18-33(35)34-19-10-11-21-36(34)42(37)43(40)38-26-30-15-4-5-16-31(30)27-41(38)49/h1-27H. The van der Waals surface area contributed by atoms with E-state index in [1.54, 1.807) is 0 Å². The predicted molar refractivity (Wildman–Crippen MR) is 207 cm³/mol. The summed E-state index contributed by atoms with van der Waals surface area (Å²) in [5.74, 6) is 0.828. The Labute approximate surface area is 281 Å². The Balaban J connectivity index is 1.40. The molecule has 11 aromatic rings. The molecule has 0 bridgehead atoms. The molecule has 0 spiro atoms. The van der Waals surface area contributed by atoms with Crippen molar-refractivity contribution in [1.29, 1.82) is 0 Å². The van der Waals surface area contributed by atoms with Crippen LogP contribution in [0.25, 0.3) is 104 Å².